The van der Waals surface area contributed by atoms with Gasteiger partial charge in [-0.2, -0.15) is 17.2 Å². The van der Waals surface area contributed by atoms with Crippen molar-refractivity contribution in [1.82, 2.24) is 4.90 Å². The molecule has 2 aromatic rings. The van der Waals surface area contributed by atoms with E-state index in [1.165, 1.54) is 11.8 Å². The zero-order chi connectivity index (χ0) is 26.9. The highest BCUT2D eigenvalue weighted by atomic mass is 32.2. The van der Waals surface area contributed by atoms with Crippen LogP contribution in [0.25, 0.3) is 10.8 Å². The molecule has 6 atom stereocenters. The molecule has 3 aliphatic heterocycles. The second kappa shape index (κ2) is 8.91. The first kappa shape index (κ1) is 25.9. The first-order valence-electron chi connectivity index (χ1n) is 11.5. The second-order valence-electron chi connectivity index (χ2n) is 9.56. The summed E-state index contributed by atoms with van der Waals surface area (Å²) in [5.74, 6) is -4.37. The lowest BCUT2D eigenvalue weighted by Gasteiger charge is -2.34. The number of carbonyl (C=O) groups excluding carboxylic acids is 3. The van der Waals surface area contributed by atoms with Crippen LogP contribution in [-0.4, -0.2) is 76.3 Å². The molecular weight excluding hydrogens is 532 g/mol. The van der Waals surface area contributed by atoms with Crippen molar-refractivity contribution in [3.63, 3.8) is 0 Å². The molecule has 37 heavy (non-hydrogen) atoms. The molecule has 9 nitrogen and oxygen atoms in total. The Labute approximate surface area is 215 Å². The molecule has 2 bridgehead atoms. The summed E-state index contributed by atoms with van der Waals surface area (Å²) in [6.45, 7) is 1.66. The van der Waals surface area contributed by atoms with Gasteiger partial charge in [0, 0.05) is 11.3 Å². The topological polar surface area (TPSA) is 127 Å². The van der Waals surface area contributed by atoms with Crippen molar-refractivity contribution in [3.05, 3.63) is 48.0 Å². The fourth-order valence-electron chi connectivity index (χ4n) is 5.58. The third-order valence-corrected chi connectivity index (χ3v) is 9.74. The van der Waals surface area contributed by atoms with Gasteiger partial charge in [-0.15, -0.1) is 11.8 Å². The Balaban J connectivity index is 1.44. The molecule has 1 N–H and O–H groups in total. The SMILES string of the molecule is CC(C)N1C(=O)C2C3SC(C(OC(=O)c4cccc5ccccc45)C31)C2C(=O)OCC(F)(F)S(=O)(=O)O. The maximum atomic E-state index is 13.7. The van der Waals surface area contributed by atoms with Gasteiger partial charge in [-0.3, -0.25) is 14.1 Å². The van der Waals surface area contributed by atoms with Crippen molar-refractivity contribution < 1.29 is 45.6 Å². The Morgan fingerprint density at radius 2 is 1.81 bits per heavy atom. The molecular formula is C24H23F2NO8S2. The number of alkyl halides is 2. The lowest BCUT2D eigenvalue weighted by atomic mass is 9.78. The van der Waals surface area contributed by atoms with Crippen LogP contribution in [0.15, 0.2) is 42.5 Å². The fraction of sp³-hybridized carbons (Fsp3) is 0.458. The minimum absolute atomic E-state index is 0.290. The quantitative estimate of drug-likeness (QED) is 0.405. The molecule has 3 fully saturated rings. The molecule has 3 saturated heterocycles. The van der Waals surface area contributed by atoms with E-state index in [1.54, 1.807) is 43.0 Å². The third kappa shape index (κ3) is 4.07. The number of benzene rings is 2. The number of rotatable bonds is 7. The standard InChI is InChI=1S/C24H23F2NO8S2/c1-11(2)27-17-18(35-22(29)14-9-5-7-12-6-3-4-8-13(12)14)20-16(15(21(27)28)19(17)36-20)23(30)34-10-24(25,26)37(31,32)33/h3-9,11,15-20H,10H2,1-2H3,(H,31,32,33). The van der Waals surface area contributed by atoms with E-state index in [0.717, 1.165) is 5.39 Å². The lowest BCUT2D eigenvalue weighted by Crippen LogP contribution is -2.51. The van der Waals surface area contributed by atoms with Gasteiger partial charge >= 0.3 is 27.3 Å². The van der Waals surface area contributed by atoms with Gasteiger partial charge in [0.05, 0.1) is 28.7 Å². The number of ether oxygens (including phenoxy) is 2. The number of hydrogen-bond donors (Lipinski definition) is 1. The molecule has 0 aliphatic carbocycles. The van der Waals surface area contributed by atoms with Crippen LogP contribution >= 0.6 is 11.8 Å². The minimum atomic E-state index is -5.81. The van der Waals surface area contributed by atoms with Gasteiger partial charge in [0.25, 0.3) is 0 Å². The van der Waals surface area contributed by atoms with Crippen molar-refractivity contribution in [2.75, 3.05) is 6.61 Å². The Morgan fingerprint density at radius 3 is 2.49 bits per heavy atom. The van der Waals surface area contributed by atoms with E-state index in [0.29, 0.717) is 10.9 Å². The predicted octanol–water partition coefficient (Wildman–Crippen LogP) is 2.74. The van der Waals surface area contributed by atoms with Crippen LogP contribution in [0.4, 0.5) is 8.78 Å². The summed E-state index contributed by atoms with van der Waals surface area (Å²) >= 11 is 1.26. The number of hydrogen-bond acceptors (Lipinski definition) is 8. The van der Waals surface area contributed by atoms with Crippen molar-refractivity contribution in [3.8, 4) is 0 Å². The number of thioether (sulfide) groups is 1. The second-order valence-corrected chi connectivity index (χ2v) is 12.5. The molecule has 3 aliphatic rings. The zero-order valence-electron chi connectivity index (χ0n) is 19.6. The van der Waals surface area contributed by atoms with Crippen molar-refractivity contribution in [2.45, 2.75) is 47.8 Å². The first-order chi connectivity index (χ1) is 17.3. The van der Waals surface area contributed by atoms with E-state index in [4.69, 9.17) is 9.29 Å². The highest BCUT2D eigenvalue weighted by Gasteiger charge is 2.72. The number of nitrogens with zero attached hydrogens (tertiary/aromatic N) is 1. The molecule has 13 heteroatoms. The summed E-state index contributed by atoms with van der Waals surface area (Å²) in [5, 5.41) is -4.43. The fourth-order valence-corrected chi connectivity index (χ4v) is 7.87. The monoisotopic (exact) mass is 555 g/mol. The molecule has 6 unspecified atom stereocenters. The number of carbonyl (C=O) groups is 3. The molecule has 0 radical (unpaired) electrons. The molecule has 2 aromatic carbocycles. The Morgan fingerprint density at radius 1 is 1.14 bits per heavy atom. The number of likely N-dealkylation sites (tertiary alicyclic amines) is 1. The molecule has 1 amide bonds. The van der Waals surface area contributed by atoms with Crippen molar-refractivity contribution in [2.24, 2.45) is 11.8 Å². The highest BCUT2D eigenvalue weighted by Crippen LogP contribution is 2.60. The van der Waals surface area contributed by atoms with Gasteiger partial charge in [0.2, 0.25) is 5.91 Å². The average molecular weight is 556 g/mol. The maximum absolute atomic E-state index is 13.7. The molecule has 3 heterocycles. The molecule has 0 saturated carbocycles. The largest absolute Gasteiger partial charge is 0.458 e. The number of fused-ring (bicyclic) bond motifs is 2. The van der Waals surface area contributed by atoms with Gasteiger partial charge in [-0.05, 0) is 30.7 Å². The van der Waals surface area contributed by atoms with E-state index >= 15 is 0 Å². The van der Waals surface area contributed by atoms with Crippen LogP contribution < -0.4 is 0 Å². The average Bonchev–Trinajstić information content (AvgIpc) is 3.44. The summed E-state index contributed by atoms with van der Waals surface area (Å²) in [7, 11) is -5.81. The summed E-state index contributed by atoms with van der Waals surface area (Å²) < 4.78 is 68.4. The predicted molar refractivity (Wildman–Crippen MR) is 129 cm³/mol. The first-order valence-corrected chi connectivity index (χ1v) is 13.9. The molecule has 0 aromatic heterocycles. The third-order valence-electron chi connectivity index (χ3n) is 7.11. The Bertz CT molecular complexity index is 1390. The van der Waals surface area contributed by atoms with Gasteiger partial charge in [-0.1, -0.05) is 36.4 Å². The van der Waals surface area contributed by atoms with Crippen LogP contribution in [0.5, 0.6) is 0 Å². The van der Waals surface area contributed by atoms with E-state index in [2.05, 4.69) is 4.74 Å². The molecule has 5 rings (SSSR count). The lowest BCUT2D eigenvalue weighted by molar-refractivity contribution is -0.159. The van der Waals surface area contributed by atoms with Crippen molar-refractivity contribution in [1.29, 1.82) is 0 Å². The summed E-state index contributed by atoms with van der Waals surface area (Å²) in [6.07, 6.45) is -0.925. The van der Waals surface area contributed by atoms with Gasteiger partial charge in [0.15, 0.2) is 6.61 Å². The summed E-state index contributed by atoms with van der Waals surface area (Å²) in [4.78, 5) is 41.1. The van der Waals surface area contributed by atoms with Crippen LogP contribution in [0.3, 0.4) is 0 Å². The van der Waals surface area contributed by atoms with Crippen molar-refractivity contribution >= 4 is 50.5 Å². The Kier molecular flexibility index (Phi) is 6.23. The van der Waals surface area contributed by atoms with Crippen LogP contribution in [0.2, 0.25) is 0 Å². The molecule has 198 valence electrons. The van der Waals surface area contributed by atoms with Gasteiger partial charge < -0.3 is 14.4 Å². The summed E-state index contributed by atoms with van der Waals surface area (Å²) in [6, 6.07) is 11.6. The van der Waals surface area contributed by atoms with Crippen LogP contribution in [0, 0.1) is 11.8 Å². The highest BCUT2D eigenvalue weighted by molar-refractivity contribution is 8.01. The molecule has 0 spiro atoms. The number of amides is 1. The Hall–Kier alpha value is -2.77. The smallest absolute Gasteiger partial charge is 0.402 e. The van der Waals surface area contributed by atoms with Crippen LogP contribution in [0.1, 0.15) is 24.2 Å². The van der Waals surface area contributed by atoms with E-state index in [1.807, 2.05) is 18.2 Å². The normalized spacial score (nSPS) is 28.8. The number of halogens is 2. The van der Waals surface area contributed by atoms with Crippen LogP contribution in [-0.2, 0) is 29.2 Å². The maximum Gasteiger partial charge on any atom is 0.402 e. The van der Waals surface area contributed by atoms with Gasteiger partial charge in [0.1, 0.15) is 6.10 Å². The van der Waals surface area contributed by atoms with E-state index < -0.39 is 68.4 Å². The number of esters is 2. The van der Waals surface area contributed by atoms with Gasteiger partial charge in [-0.25, -0.2) is 4.79 Å². The zero-order valence-corrected chi connectivity index (χ0v) is 21.2. The van der Waals surface area contributed by atoms with E-state index in [-0.39, 0.29) is 11.9 Å². The minimum Gasteiger partial charge on any atom is -0.458 e. The van der Waals surface area contributed by atoms with E-state index in [9.17, 15) is 31.6 Å². The summed E-state index contributed by atoms with van der Waals surface area (Å²) in [5.41, 5.74) is 0.301.